The van der Waals surface area contributed by atoms with Gasteiger partial charge in [-0.2, -0.15) is 5.10 Å². The molecule has 0 radical (unpaired) electrons. The summed E-state index contributed by atoms with van der Waals surface area (Å²) >= 11 is 0. The van der Waals surface area contributed by atoms with Crippen molar-refractivity contribution in [2.75, 3.05) is 12.4 Å². The molecule has 0 bridgehead atoms. The van der Waals surface area contributed by atoms with Gasteiger partial charge in [-0.1, -0.05) is 13.8 Å². The summed E-state index contributed by atoms with van der Waals surface area (Å²) in [4.78, 5) is 24.0. The van der Waals surface area contributed by atoms with E-state index in [1.807, 2.05) is 11.6 Å². The van der Waals surface area contributed by atoms with Crippen molar-refractivity contribution in [3.8, 4) is 0 Å². The van der Waals surface area contributed by atoms with Crippen molar-refractivity contribution in [2.45, 2.75) is 46.3 Å². The van der Waals surface area contributed by atoms with Gasteiger partial charge >= 0.3 is 5.97 Å². The Morgan fingerprint density at radius 1 is 1.27 bits per heavy atom. The van der Waals surface area contributed by atoms with Gasteiger partial charge in [-0.25, -0.2) is 4.79 Å². The molecule has 0 unspecified atom stereocenters. The van der Waals surface area contributed by atoms with E-state index in [-0.39, 0.29) is 24.1 Å². The Balaban J connectivity index is 2.28. The zero-order valence-corrected chi connectivity index (χ0v) is 15.6. The van der Waals surface area contributed by atoms with Crippen LogP contribution in [0.3, 0.4) is 0 Å². The number of anilines is 1. The van der Waals surface area contributed by atoms with Gasteiger partial charge in [0.1, 0.15) is 0 Å². The third-order valence-corrected chi connectivity index (χ3v) is 4.39. The summed E-state index contributed by atoms with van der Waals surface area (Å²) in [7, 11) is 1.53. The Kier molecular flexibility index (Phi) is 6.52. The maximum Gasteiger partial charge on any atom is 0.335 e. The van der Waals surface area contributed by atoms with Gasteiger partial charge in [0.25, 0.3) is 5.91 Å². The third kappa shape index (κ3) is 4.29. The first-order chi connectivity index (χ1) is 12.4. The monoisotopic (exact) mass is 359 g/mol. The lowest BCUT2D eigenvalue weighted by molar-refractivity contribution is 0.0696. The molecule has 140 valence electrons. The van der Waals surface area contributed by atoms with Gasteiger partial charge < -0.3 is 15.2 Å². The second-order valence-corrected chi connectivity index (χ2v) is 6.17. The molecule has 26 heavy (non-hydrogen) atoms. The maximum absolute atomic E-state index is 12.7. The van der Waals surface area contributed by atoms with E-state index in [2.05, 4.69) is 24.3 Å². The highest BCUT2D eigenvalue weighted by Crippen LogP contribution is 2.21. The van der Waals surface area contributed by atoms with Crippen molar-refractivity contribution < 1.29 is 19.4 Å². The van der Waals surface area contributed by atoms with Crippen molar-refractivity contribution in [3.05, 3.63) is 46.8 Å². The minimum absolute atomic E-state index is 0.0966. The number of aromatic nitrogens is 2. The Morgan fingerprint density at radius 2 is 1.96 bits per heavy atom. The first-order valence-corrected chi connectivity index (χ1v) is 8.62. The van der Waals surface area contributed by atoms with Crippen LogP contribution in [0.25, 0.3) is 0 Å². The zero-order valence-electron chi connectivity index (χ0n) is 15.6. The number of carbonyl (C=O) groups excluding carboxylic acids is 1. The molecule has 0 fully saturated rings. The number of aromatic carboxylic acids is 1. The molecule has 0 saturated carbocycles. The molecule has 2 rings (SSSR count). The number of nitrogens with one attached hydrogen (secondary N) is 1. The second-order valence-electron chi connectivity index (χ2n) is 6.17. The van der Waals surface area contributed by atoms with Gasteiger partial charge in [0.15, 0.2) is 0 Å². The number of carbonyl (C=O) groups is 2. The van der Waals surface area contributed by atoms with Crippen molar-refractivity contribution in [2.24, 2.45) is 0 Å². The molecule has 0 aliphatic rings. The average Bonchev–Trinajstić information content (AvgIpc) is 2.98. The highest BCUT2D eigenvalue weighted by atomic mass is 16.5. The zero-order chi connectivity index (χ0) is 19.3. The van der Waals surface area contributed by atoms with E-state index >= 15 is 0 Å². The predicted octanol–water partition coefficient (Wildman–Crippen LogP) is 3.65. The van der Waals surface area contributed by atoms with Crippen LogP contribution in [0.5, 0.6) is 0 Å². The Morgan fingerprint density at radius 3 is 2.54 bits per heavy atom. The predicted molar refractivity (Wildman–Crippen MR) is 98.7 cm³/mol. The molecule has 1 aromatic carbocycles. The topological polar surface area (TPSA) is 93.5 Å². The van der Waals surface area contributed by atoms with Gasteiger partial charge in [-0.15, -0.1) is 0 Å². The highest BCUT2D eigenvalue weighted by Gasteiger charge is 2.18. The lowest BCUT2D eigenvalue weighted by atomic mass is 10.1. The fourth-order valence-corrected chi connectivity index (χ4v) is 2.99. The van der Waals surface area contributed by atoms with Gasteiger partial charge in [0.05, 0.1) is 30.0 Å². The average molecular weight is 359 g/mol. The lowest BCUT2D eigenvalue weighted by Gasteiger charge is -2.15. The molecule has 2 aromatic rings. The van der Waals surface area contributed by atoms with Gasteiger partial charge in [-0.3, -0.25) is 9.48 Å². The first-order valence-electron chi connectivity index (χ1n) is 8.62. The van der Waals surface area contributed by atoms with E-state index in [1.165, 1.54) is 19.2 Å². The number of hydrogen-bond donors (Lipinski definition) is 2. The summed E-state index contributed by atoms with van der Waals surface area (Å²) in [6.45, 7) is 6.30. The van der Waals surface area contributed by atoms with Crippen LogP contribution >= 0.6 is 0 Å². The second kappa shape index (κ2) is 8.62. The highest BCUT2D eigenvalue weighted by molar-refractivity contribution is 6.05. The van der Waals surface area contributed by atoms with Crippen LogP contribution in [0.15, 0.2) is 24.4 Å². The number of hydrogen-bond acceptors (Lipinski definition) is 4. The number of carboxylic acids is 1. The van der Waals surface area contributed by atoms with E-state index < -0.39 is 5.97 Å². The van der Waals surface area contributed by atoms with Gasteiger partial charge in [-0.05, 0) is 43.5 Å². The molecular formula is C19H25N3O4. The molecule has 1 amide bonds. The van der Waals surface area contributed by atoms with Crippen molar-refractivity contribution in [1.82, 2.24) is 9.78 Å². The lowest BCUT2D eigenvalue weighted by Crippen LogP contribution is -2.15. The number of benzene rings is 1. The molecule has 2 N–H and O–H groups in total. The van der Waals surface area contributed by atoms with Crippen LogP contribution in [0.4, 0.5) is 5.69 Å². The van der Waals surface area contributed by atoms with Crippen LogP contribution in [-0.4, -0.2) is 33.9 Å². The quantitative estimate of drug-likeness (QED) is 0.750. The van der Waals surface area contributed by atoms with Crippen molar-refractivity contribution in [1.29, 1.82) is 0 Å². The third-order valence-electron chi connectivity index (χ3n) is 4.39. The summed E-state index contributed by atoms with van der Waals surface area (Å²) in [5.41, 5.74) is 2.46. The molecule has 1 aromatic heterocycles. The van der Waals surface area contributed by atoms with E-state index in [4.69, 9.17) is 4.74 Å². The van der Waals surface area contributed by atoms with E-state index in [0.717, 1.165) is 18.5 Å². The largest absolute Gasteiger partial charge is 0.478 e. The molecule has 0 spiro atoms. The van der Waals surface area contributed by atoms with Crippen LogP contribution in [0.1, 0.15) is 64.7 Å². The maximum atomic E-state index is 12.7. The fraction of sp³-hybridized carbons (Fsp3) is 0.421. The summed E-state index contributed by atoms with van der Waals surface area (Å²) in [6, 6.07) is 4.91. The standard InChI is InChI=1S/C19H25N3O4/c1-5-16(6-2)22-12(3)17(10-20-22)18(23)21-15-8-13(11-26-4)7-14(9-15)19(24)25/h7-10,16H,5-6,11H2,1-4H3,(H,21,23)(H,24,25). The van der Waals surface area contributed by atoms with Crippen molar-refractivity contribution in [3.63, 3.8) is 0 Å². The smallest absolute Gasteiger partial charge is 0.335 e. The van der Waals surface area contributed by atoms with Gasteiger partial charge in [0, 0.05) is 18.5 Å². The van der Waals surface area contributed by atoms with Gasteiger partial charge in [0.2, 0.25) is 0 Å². The fourth-order valence-electron chi connectivity index (χ4n) is 2.99. The summed E-state index contributed by atoms with van der Waals surface area (Å²) in [5, 5.41) is 16.4. The first kappa shape index (κ1) is 19.7. The molecule has 7 heteroatoms. The van der Waals surface area contributed by atoms with E-state index in [1.54, 1.807) is 12.3 Å². The molecule has 7 nitrogen and oxygen atoms in total. The normalized spacial score (nSPS) is 11.0. The van der Waals surface area contributed by atoms with Crippen LogP contribution < -0.4 is 5.32 Å². The molecular weight excluding hydrogens is 334 g/mol. The number of methoxy groups -OCH3 is 1. The van der Waals surface area contributed by atoms with Crippen LogP contribution in [-0.2, 0) is 11.3 Å². The SMILES string of the molecule is CCC(CC)n1ncc(C(=O)Nc2cc(COC)cc(C(=O)O)c2)c1C. The molecule has 0 aliphatic heterocycles. The Labute approximate surface area is 153 Å². The minimum Gasteiger partial charge on any atom is -0.478 e. The molecule has 1 heterocycles. The molecule has 0 aliphatic carbocycles. The van der Waals surface area contributed by atoms with Crippen molar-refractivity contribution >= 4 is 17.6 Å². The Bertz CT molecular complexity index is 794. The summed E-state index contributed by atoms with van der Waals surface area (Å²) in [6.07, 6.45) is 3.42. The molecule has 0 saturated heterocycles. The number of ether oxygens (including phenoxy) is 1. The number of amides is 1. The van der Waals surface area contributed by atoms with E-state index in [9.17, 15) is 14.7 Å². The van der Waals surface area contributed by atoms with E-state index in [0.29, 0.717) is 16.8 Å². The number of nitrogens with zero attached hydrogens (tertiary/aromatic N) is 2. The van der Waals surface area contributed by atoms with Crippen LogP contribution in [0, 0.1) is 6.92 Å². The van der Waals surface area contributed by atoms with Crippen LogP contribution in [0.2, 0.25) is 0 Å². The minimum atomic E-state index is -1.06. The summed E-state index contributed by atoms with van der Waals surface area (Å²) < 4.78 is 6.94. The molecule has 0 atom stereocenters. The number of rotatable bonds is 8. The summed E-state index contributed by atoms with van der Waals surface area (Å²) in [5.74, 6) is -1.37. The Hall–Kier alpha value is -2.67. The number of carboxylic acid groups (broad SMARTS) is 1.